The van der Waals surface area contributed by atoms with Gasteiger partial charge in [-0.15, -0.1) is 0 Å². The molecule has 24 heavy (non-hydrogen) atoms. The maximum absolute atomic E-state index is 13.2. The molecule has 7 heteroatoms. The van der Waals surface area contributed by atoms with Crippen LogP contribution in [0.4, 0.5) is 4.79 Å². The molecule has 130 valence electrons. The first-order valence-corrected chi connectivity index (χ1v) is 8.84. The van der Waals surface area contributed by atoms with E-state index < -0.39 is 0 Å². The summed E-state index contributed by atoms with van der Waals surface area (Å²) < 4.78 is 7.01. The zero-order chi connectivity index (χ0) is 16.9. The van der Waals surface area contributed by atoms with Crippen LogP contribution in [-0.4, -0.2) is 63.4 Å². The van der Waals surface area contributed by atoms with Gasteiger partial charge in [0.2, 0.25) is 0 Å². The van der Waals surface area contributed by atoms with Gasteiger partial charge in [0.05, 0.1) is 11.2 Å². The van der Waals surface area contributed by atoms with Crippen LogP contribution in [-0.2, 0) is 24.6 Å². The van der Waals surface area contributed by atoms with Crippen molar-refractivity contribution in [3.05, 3.63) is 17.0 Å². The number of carbonyl (C=O) groups is 2. The van der Waals surface area contributed by atoms with Gasteiger partial charge in [0.1, 0.15) is 12.3 Å². The molecule has 1 aromatic rings. The highest BCUT2D eigenvalue weighted by molar-refractivity contribution is 5.94. The lowest BCUT2D eigenvalue weighted by Gasteiger charge is -2.44. The van der Waals surface area contributed by atoms with Gasteiger partial charge in [0, 0.05) is 32.2 Å². The van der Waals surface area contributed by atoms with E-state index in [4.69, 9.17) is 4.74 Å². The number of hydrogen-bond donors (Lipinski definition) is 0. The van der Waals surface area contributed by atoms with Gasteiger partial charge in [0.15, 0.2) is 0 Å². The molecule has 2 aliphatic heterocycles. The Morgan fingerprint density at radius 1 is 1.29 bits per heavy atom. The van der Waals surface area contributed by atoms with Crippen LogP contribution in [0.15, 0.2) is 0 Å². The third-order valence-electron chi connectivity index (χ3n) is 5.80. The Morgan fingerprint density at radius 2 is 2.08 bits per heavy atom. The normalized spacial score (nSPS) is 26.2. The largest absolute Gasteiger partial charge is 0.447 e. The van der Waals surface area contributed by atoms with E-state index in [9.17, 15) is 9.59 Å². The van der Waals surface area contributed by atoms with Crippen molar-refractivity contribution in [3.63, 3.8) is 0 Å². The van der Waals surface area contributed by atoms with Crippen LogP contribution in [0.2, 0.25) is 0 Å². The molecule has 0 aromatic carbocycles. The van der Waals surface area contributed by atoms with Crippen LogP contribution < -0.4 is 0 Å². The Bertz CT molecular complexity index is 698. The highest BCUT2D eigenvalue weighted by Gasteiger charge is 2.50. The minimum absolute atomic E-state index is 0.0416. The third-order valence-corrected chi connectivity index (χ3v) is 5.80. The van der Waals surface area contributed by atoms with Crippen LogP contribution in [0.5, 0.6) is 0 Å². The SMILES string of the molecule is CCC12COC(=O)N1CCN(C(=O)c1c3c(nn1C)CCCC3)C2. The smallest absolute Gasteiger partial charge is 0.410 e. The maximum Gasteiger partial charge on any atom is 0.410 e. The fraction of sp³-hybridized carbons (Fsp3) is 0.706. The second-order valence-corrected chi connectivity index (χ2v) is 7.12. The average Bonchev–Trinajstić information content (AvgIpc) is 3.11. The van der Waals surface area contributed by atoms with Crippen molar-refractivity contribution in [2.24, 2.45) is 7.05 Å². The summed E-state index contributed by atoms with van der Waals surface area (Å²) in [6.07, 6.45) is 4.70. The van der Waals surface area contributed by atoms with Crippen LogP contribution in [0.1, 0.15) is 47.9 Å². The molecule has 2 amide bonds. The number of cyclic esters (lactones) is 1. The highest BCUT2D eigenvalue weighted by atomic mass is 16.6. The molecule has 1 atom stereocenters. The highest BCUT2D eigenvalue weighted by Crippen LogP contribution is 2.33. The number of carbonyl (C=O) groups excluding carboxylic acids is 2. The topological polar surface area (TPSA) is 67.7 Å². The van der Waals surface area contributed by atoms with Crippen molar-refractivity contribution in [2.75, 3.05) is 26.2 Å². The summed E-state index contributed by atoms with van der Waals surface area (Å²) in [5.74, 6) is 0.0416. The van der Waals surface area contributed by atoms with Gasteiger partial charge in [-0.2, -0.15) is 5.10 Å². The molecule has 0 spiro atoms. The molecule has 1 aromatic heterocycles. The molecule has 0 bridgehead atoms. The molecule has 3 aliphatic rings. The number of rotatable bonds is 2. The van der Waals surface area contributed by atoms with Gasteiger partial charge < -0.3 is 9.64 Å². The first-order chi connectivity index (χ1) is 11.6. The first kappa shape index (κ1) is 15.5. The van der Waals surface area contributed by atoms with Crippen molar-refractivity contribution in [1.82, 2.24) is 19.6 Å². The molecule has 1 aliphatic carbocycles. The maximum atomic E-state index is 13.2. The summed E-state index contributed by atoms with van der Waals surface area (Å²) in [6.45, 7) is 4.05. The van der Waals surface area contributed by atoms with Crippen LogP contribution in [0, 0.1) is 0 Å². The Morgan fingerprint density at radius 3 is 2.88 bits per heavy atom. The van der Waals surface area contributed by atoms with Crippen LogP contribution >= 0.6 is 0 Å². The van der Waals surface area contributed by atoms with Crippen molar-refractivity contribution in [3.8, 4) is 0 Å². The molecule has 4 rings (SSSR count). The molecule has 7 nitrogen and oxygen atoms in total. The quantitative estimate of drug-likeness (QED) is 0.820. The van der Waals surface area contributed by atoms with Crippen molar-refractivity contribution in [2.45, 2.75) is 44.6 Å². The standard InChI is InChI=1S/C17H24N4O3/c1-3-17-10-20(8-9-21(17)16(23)24-11-17)15(22)14-12-6-4-5-7-13(12)18-19(14)2/h3-11H2,1-2H3. The lowest BCUT2D eigenvalue weighted by atomic mass is 9.92. The van der Waals surface area contributed by atoms with E-state index in [1.807, 2.05) is 11.9 Å². The third kappa shape index (κ3) is 2.13. The van der Waals surface area contributed by atoms with E-state index in [0.29, 0.717) is 26.2 Å². The second-order valence-electron chi connectivity index (χ2n) is 7.12. The number of piperazine rings is 1. The molecule has 1 unspecified atom stereocenters. The van der Waals surface area contributed by atoms with Gasteiger partial charge >= 0.3 is 6.09 Å². The van der Waals surface area contributed by atoms with E-state index in [-0.39, 0.29) is 17.5 Å². The minimum Gasteiger partial charge on any atom is -0.447 e. The van der Waals surface area contributed by atoms with Crippen LogP contribution in [0.3, 0.4) is 0 Å². The second kappa shape index (κ2) is 5.50. The molecular weight excluding hydrogens is 308 g/mol. The van der Waals surface area contributed by atoms with Crippen LogP contribution in [0.25, 0.3) is 0 Å². The summed E-state index contributed by atoms with van der Waals surface area (Å²) in [5.41, 5.74) is 2.56. The lowest BCUT2D eigenvalue weighted by molar-refractivity contribution is 0.0352. The Hall–Kier alpha value is -2.05. The molecule has 2 saturated heterocycles. The van der Waals surface area contributed by atoms with Crippen molar-refractivity contribution in [1.29, 1.82) is 0 Å². The fourth-order valence-corrected chi connectivity index (χ4v) is 4.34. The number of ether oxygens (including phenoxy) is 1. The van der Waals surface area contributed by atoms with Gasteiger partial charge in [-0.3, -0.25) is 14.4 Å². The predicted octanol–water partition coefficient (Wildman–Crippen LogP) is 1.36. The van der Waals surface area contributed by atoms with E-state index in [2.05, 4.69) is 12.0 Å². The van der Waals surface area contributed by atoms with E-state index in [1.165, 1.54) is 0 Å². The first-order valence-electron chi connectivity index (χ1n) is 8.84. The number of amides is 2. The number of nitrogens with zero attached hydrogens (tertiary/aromatic N) is 4. The Kier molecular flexibility index (Phi) is 3.54. The lowest BCUT2D eigenvalue weighted by Crippen LogP contribution is -2.62. The average molecular weight is 332 g/mol. The summed E-state index contributed by atoms with van der Waals surface area (Å²) in [6, 6.07) is 0. The minimum atomic E-state index is -0.371. The number of hydrogen-bond acceptors (Lipinski definition) is 4. The van der Waals surface area contributed by atoms with E-state index in [1.54, 1.807) is 9.58 Å². The fourth-order valence-electron chi connectivity index (χ4n) is 4.34. The number of aromatic nitrogens is 2. The monoisotopic (exact) mass is 332 g/mol. The molecule has 0 N–H and O–H groups in total. The van der Waals surface area contributed by atoms with Crippen molar-refractivity contribution >= 4 is 12.0 Å². The van der Waals surface area contributed by atoms with E-state index in [0.717, 1.165) is 49.1 Å². The molecule has 2 fully saturated rings. The predicted molar refractivity (Wildman–Crippen MR) is 86.8 cm³/mol. The van der Waals surface area contributed by atoms with Gasteiger partial charge in [-0.1, -0.05) is 6.92 Å². The summed E-state index contributed by atoms with van der Waals surface area (Å²) >= 11 is 0. The van der Waals surface area contributed by atoms with E-state index >= 15 is 0 Å². The molecule has 0 saturated carbocycles. The molecule has 3 heterocycles. The number of aryl methyl sites for hydroxylation is 2. The zero-order valence-electron chi connectivity index (χ0n) is 14.4. The number of fused-ring (bicyclic) bond motifs is 2. The van der Waals surface area contributed by atoms with Gasteiger partial charge in [-0.25, -0.2) is 4.79 Å². The van der Waals surface area contributed by atoms with Gasteiger partial charge in [0.25, 0.3) is 5.91 Å². The van der Waals surface area contributed by atoms with Gasteiger partial charge in [-0.05, 0) is 32.1 Å². The molecule has 0 radical (unpaired) electrons. The summed E-state index contributed by atoms with van der Waals surface area (Å²) in [5, 5.41) is 4.56. The molecular formula is C17H24N4O3. The summed E-state index contributed by atoms with van der Waals surface area (Å²) in [4.78, 5) is 28.8. The summed E-state index contributed by atoms with van der Waals surface area (Å²) in [7, 11) is 1.86. The van der Waals surface area contributed by atoms with Crippen molar-refractivity contribution < 1.29 is 14.3 Å². The Labute approximate surface area is 141 Å². The zero-order valence-corrected chi connectivity index (χ0v) is 14.4. The Balaban J connectivity index is 1.62.